The molecular formula is C7H14BBrF3-. The lowest BCUT2D eigenvalue weighted by molar-refractivity contribution is 0.459. The van der Waals surface area contributed by atoms with Crippen molar-refractivity contribution >= 4 is 22.9 Å². The summed E-state index contributed by atoms with van der Waals surface area (Å²) in [6.45, 7) is -4.54. The SMILES string of the molecule is F[B-](F)(F)CCCCCCCBr. The van der Waals surface area contributed by atoms with Crippen molar-refractivity contribution in [1.29, 1.82) is 0 Å². The summed E-state index contributed by atoms with van der Waals surface area (Å²) in [4.78, 5) is 0. The average molecular weight is 246 g/mol. The Labute approximate surface area is 80.1 Å². The number of unbranched alkanes of at least 4 members (excludes halogenated alkanes) is 4. The molecule has 5 heteroatoms. The highest BCUT2D eigenvalue weighted by Crippen LogP contribution is 2.19. The van der Waals surface area contributed by atoms with Gasteiger partial charge in [-0.05, 0) is 6.42 Å². The van der Waals surface area contributed by atoms with Gasteiger partial charge in [-0.15, -0.1) is 0 Å². The second kappa shape index (κ2) is 6.81. The third-order valence-corrected chi connectivity index (χ3v) is 2.23. The highest BCUT2D eigenvalue weighted by atomic mass is 79.9. The van der Waals surface area contributed by atoms with Crippen LogP contribution in [0.4, 0.5) is 12.9 Å². The third-order valence-electron chi connectivity index (χ3n) is 1.67. The van der Waals surface area contributed by atoms with Crippen LogP contribution >= 0.6 is 15.9 Å². The minimum absolute atomic E-state index is 0.311. The van der Waals surface area contributed by atoms with Gasteiger partial charge in [0.2, 0.25) is 0 Å². The van der Waals surface area contributed by atoms with Gasteiger partial charge in [-0.25, -0.2) is 0 Å². The van der Waals surface area contributed by atoms with Crippen LogP contribution in [-0.4, -0.2) is 12.3 Å². The van der Waals surface area contributed by atoms with Crippen molar-refractivity contribution < 1.29 is 12.9 Å². The molecule has 0 N–H and O–H groups in total. The van der Waals surface area contributed by atoms with E-state index < -0.39 is 13.3 Å². The predicted molar refractivity (Wildman–Crippen MR) is 50.8 cm³/mol. The van der Waals surface area contributed by atoms with Gasteiger partial charge in [0.05, 0.1) is 0 Å². The number of hydrogen-bond acceptors (Lipinski definition) is 0. The summed E-state index contributed by atoms with van der Waals surface area (Å²) in [6, 6.07) is 0. The van der Waals surface area contributed by atoms with Gasteiger partial charge in [0.25, 0.3) is 0 Å². The lowest BCUT2D eigenvalue weighted by atomic mass is 9.83. The molecule has 0 nitrogen and oxygen atoms in total. The molecule has 0 bridgehead atoms. The molecule has 0 aliphatic rings. The lowest BCUT2D eigenvalue weighted by Gasteiger charge is -2.12. The first-order valence-corrected chi connectivity index (χ1v) is 5.45. The minimum Gasteiger partial charge on any atom is -0.449 e. The third kappa shape index (κ3) is 10.3. The molecule has 0 aromatic carbocycles. The van der Waals surface area contributed by atoms with E-state index in [-0.39, 0.29) is 0 Å². The topological polar surface area (TPSA) is 0 Å². The van der Waals surface area contributed by atoms with Crippen LogP contribution in [-0.2, 0) is 0 Å². The number of halogens is 4. The smallest absolute Gasteiger partial charge is 0.449 e. The van der Waals surface area contributed by atoms with Crippen molar-refractivity contribution in [1.82, 2.24) is 0 Å². The van der Waals surface area contributed by atoms with Crippen LogP contribution in [0.15, 0.2) is 0 Å². The molecule has 0 saturated heterocycles. The van der Waals surface area contributed by atoms with E-state index in [1.807, 2.05) is 0 Å². The van der Waals surface area contributed by atoms with Crippen LogP contribution in [0.2, 0.25) is 6.32 Å². The molecule has 0 fully saturated rings. The molecule has 0 atom stereocenters. The summed E-state index contributed by atoms with van der Waals surface area (Å²) in [7, 11) is 0. The highest BCUT2D eigenvalue weighted by molar-refractivity contribution is 9.09. The van der Waals surface area contributed by atoms with Crippen molar-refractivity contribution in [2.24, 2.45) is 0 Å². The van der Waals surface area contributed by atoms with Gasteiger partial charge >= 0.3 is 6.98 Å². The summed E-state index contributed by atoms with van der Waals surface area (Å²) in [5, 5.41) is 0.955. The largest absolute Gasteiger partial charge is 0.478 e. The van der Waals surface area contributed by atoms with Crippen molar-refractivity contribution in [3.63, 3.8) is 0 Å². The molecule has 12 heavy (non-hydrogen) atoms. The monoisotopic (exact) mass is 245 g/mol. The zero-order valence-electron chi connectivity index (χ0n) is 7.04. The fourth-order valence-electron chi connectivity index (χ4n) is 1.00. The molecule has 0 rings (SSSR count). The molecule has 74 valence electrons. The van der Waals surface area contributed by atoms with Gasteiger partial charge in [0.15, 0.2) is 0 Å². The zero-order chi connectivity index (χ0) is 9.45. The Bertz CT molecular complexity index is 105. The summed E-state index contributed by atoms with van der Waals surface area (Å²) in [6.07, 6.45) is 3.50. The maximum Gasteiger partial charge on any atom is 0.478 e. The predicted octanol–water partition coefficient (Wildman–Crippen LogP) is 4.18. The average Bonchev–Trinajstić information content (AvgIpc) is 1.94. The fraction of sp³-hybridized carbons (Fsp3) is 1.00. The fourth-order valence-corrected chi connectivity index (χ4v) is 1.40. The molecule has 0 saturated carbocycles. The van der Waals surface area contributed by atoms with E-state index in [1.165, 1.54) is 0 Å². The maximum absolute atomic E-state index is 11.7. The van der Waals surface area contributed by atoms with E-state index in [2.05, 4.69) is 15.9 Å². The van der Waals surface area contributed by atoms with E-state index >= 15 is 0 Å². The second-order valence-electron chi connectivity index (χ2n) is 2.96. The van der Waals surface area contributed by atoms with Gasteiger partial charge in [0, 0.05) is 5.33 Å². The Morgan fingerprint density at radius 1 is 0.833 bits per heavy atom. The molecule has 0 aliphatic carbocycles. The maximum atomic E-state index is 11.7. The molecule has 0 heterocycles. The zero-order valence-corrected chi connectivity index (χ0v) is 8.62. The molecular weight excluding hydrogens is 232 g/mol. The summed E-state index contributed by atoms with van der Waals surface area (Å²) in [5.41, 5.74) is 0. The Balaban J connectivity index is 3.01. The summed E-state index contributed by atoms with van der Waals surface area (Å²) in [5.74, 6) is 0. The van der Waals surface area contributed by atoms with Crippen molar-refractivity contribution in [3.05, 3.63) is 0 Å². The van der Waals surface area contributed by atoms with Gasteiger partial charge < -0.3 is 12.9 Å². The first-order valence-electron chi connectivity index (χ1n) is 4.33. The quantitative estimate of drug-likeness (QED) is 0.359. The molecule has 0 spiro atoms. The lowest BCUT2D eigenvalue weighted by Crippen LogP contribution is -2.13. The van der Waals surface area contributed by atoms with Gasteiger partial charge in [0.1, 0.15) is 0 Å². The Morgan fingerprint density at radius 2 is 1.33 bits per heavy atom. The second-order valence-corrected chi connectivity index (χ2v) is 3.75. The first-order chi connectivity index (χ1) is 5.56. The number of hydrogen-bond donors (Lipinski definition) is 0. The van der Waals surface area contributed by atoms with Gasteiger partial charge in [-0.1, -0.05) is 47.9 Å². The Hall–Kier alpha value is 0.335. The van der Waals surface area contributed by atoms with Crippen molar-refractivity contribution in [2.45, 2.75) is 38.4 Å². The van der Waals surface area contributed by atoms with Crippen LogP contribution in [0.5, 0.6) is 0 Å². The molecule has 0 aliphatic heterocycles. The van der Waals surface area contributed by atoms with E-state index in [1.54, 1.807) is 0 Å². The summed E-state index contributed by atoms with van der Waals surface area (Å²) >= 11 is 3.27. The number of rotatable bonds is 7. The first kappa shape index (κ1) is 12.3. The molecule has 0 amide bonds. The van der Waals surface area contributed by atoms with Crippen LogP contribution in [0.1, 0.15) is 32.1 Å². The van der Waals surface area contributed by atoms with Crippen LogP contribution in [0, 0.1) is 0 Å². The Kier molecular flexibility index (Phi) is 7.00. The standard InChI is InChI=1S/C7H14BBrF3/c9-7-5-3-1-2-4-6-8(10,11)12/h1-7H2/q-1. The molecule has 0 unspecified atom stereocenters. The molecule has 0 radical (unpaired) electrons. The van der Waals surface area contributed by atoms with E-state index in [4.69, 9.17) is 0 Å². The van der Waals surface area contributed by atoms with E-state index in [0.29, 0.717) is 12.8 Å². The summed E-state index contributed by atoms with van der Waals surface area (Å²) < 4.78 is 35.1. The van der Waals surface area contributed by atoms with Crippen LogP contribution < -0.4 is 0 Å². The number of alkyl halides is 1. The van der Waals surface area contributed by atoms with Gasteiger partial charge in [-0.2, -0.15) is 0 Å². The van der Waals surface area contributed by atoms with Crippen molar-refractivity contribution in [3.8, 4) is 0 Å². The Morgan fingerprint density at radius 3 is 1.83 bits per heavy atom. The van der Waals surface area contributed by atoms with Crippen LogP contribution in [0.3, 0.4) is 0 Å². The van der Waals surface area contributed by atoms with E-state index in [0.717, 1.165) is 24.6 Å². The normalized spacial score (nSPS) is 12.0. The van der Waals surface area contributed by atoms with E-state index in [9.17, 15) is 12.9 Å². The molecule has 0 aromatic rings. The van der Waals surface area contributed by atoms with Crippen molar-refractivity contribution in [2.75, 3.05) is 5.33 Å². The van der Waals surface area contributed by atoms with Gasteiger partial charge in [-0.3, -0.25) is 0 Å². The van der Waals surface area contributed by atoms with Crippen LogP contribution in [0.25, 0.3) is 0 Å². The molecule has 0 aromatic heterocycles. The minimum atomic E-state index is -4.54. The highest BCUT2D eigenvalue weighted by Gasteiger charge is 2.21.